The van der Waals surface area contributed by atoms with Crippen LogP contribution in [0.2, 0.25) is 5.02 Å². The van der Waals surface area contributed by atoms with E-state index in [9.17, 15) is 9.59 Å². The highest BCUT2D eigenvalue weighted by molar-refractivity contribution is 6.30. The summed E-state index contributed by atoms with van der Waals surface area (Å²) in [5.41, 5.74) is 2.15. The molecular formula is C23H24ClN3O2. The van der Waals surface area contributed by atoms with E-state index >= 15 is 0 Å². The summed E-state index contributed by atoms with van der Waals surface area (Å²) in [6.07, 6.45) is 3.63. The van der Waals surface area contributed by atoms with Gasteiger partial charge in [0.2, 0.25) is 5.91 Å². The highest BCUT2D eigenvalue weighted by Crippen LogP contribution is 2.51. The standard InChI is InChI=1S/C23H24ClN3O2/c24-17-5-3-4-14(10-17)13-25-21(28)19-11-16-9-8-15(19)12-23(16)26-20-7-2-1-6-18(20)22(29)27-23/h1-7,10,15-16,19,26H,8-9,11-13H2,(H,25,28)(H,27,29)/t15-,16+,19-,23+/m0/s1. The molecule has 1 aliphatic heterocycles. The van der Waals surface area contributed by atoms with E-state index in [1.165, 1.54) is 0 Å². The van der Waals surface area contributed by atoms with E-state index in [2.05, 4.69) is 16.0 Å². The summed E-state index contributed by atoms with van der Waals surface area (Å²) in [6, 6.07) is 15.2. The van der Waals surface area contributed by atoms with E-state index in [1.807, 2.05) is 48.5 Å². The number of amides is 2. The van der Waals surface area contributed by atoms with Crippen LogP contribution in [0.3, 0.4) is 0 Å². The third-order valence-corrected chi connectivity index (χ3v) is 7.07. The Morgan fingerprint density at radius 3 is 2.79 bits per heavy atom. The zero-order valence-corrected chi connectivity index (χ0v) is 16.8. The lowest BCUT2D eigenvalue weighted by atomic mass is 9.58. The van der Waals surface area contributed by atoms with Crippen LogP contribution in [0, 0.1) is 17.8 Å². The van der Waals surface area contributed by atoms with Gasteiger partial charge in [0, 0.05) is 29.1 Å². The number of carbonyl (C=O) groups is 2. The Kier molecular flexibility index (Phi) is 4.50. The van der Waals surface area contributed by atoms with Gasteiger partial charge in [-0.3, -0.25) is 9.59 Å². The summed E-state index contributed by atoms with van der Waals surface area (Å²) in [5, 5.41) is 10.6. The molecule has 2 aromatic carbocycles. The van der Waals surface area contributed by atoms with E-state index in [1.54, 1.807) is 0 Å². The van der Waals surface area contributed by atoms with Crippen molar-refractivity contribution in [1.29, 1.82) is 0 Å². The monoisotopic (exact) mass is 409 g/mol. The number of hydrogen-bond acceptors (Lipinski definition) is 3. The maximum Gasteiger partial charge on any atom is 0.255 e. The summed E-state index contributed by atoms with van der Waals surface area (Å²) in [4.78, 5) is 25.6. The molecule has 150 valence electrons. The molecule has 0 radical (unpaired) electrons. The van der Waals surface area contributed by atoms with Crippen LogP contribution in [0.4, 0.5) is 5.69 Å². The molecule has 3 fully saturated rings. The zero-order chi connectivity index (χ0) is 20.0. The van der Waals surface area contributed by atoms with Gasteiger partial charge in [0.1, 0.15) is 5.66 Å². The number of anilines is 1. The maximum atomic E-state index is 12.9. The molecule has 4 aliphatic rings. The molecule has 0 saturated heterocycles. The zero-order valence-electron chi connectivity index (χ0n) is 16.1. The second-order valence-electron chi connectivity index (χ2n) is 8.52. The van der Waals surface area contributed by atoms with Crippen LogP contribution < -0.4 is 16.0 Å². The molecule has 2 amide bonds. The van der Waals surface area contributed by atoms with Crippen molar-refractivity contribution in [3.05, 3.63) is 64.7 Å². The van der Waals surface area contributed by atoms with E-state index in [0.29, 0.717) is 17.1 Å². The van der Waals surface area contributed by atoms with Crippen molar-refractivity contribution in [3.63, 3.8) is 0 Å². The number of benzene rings is 2. The Hall–Kier alpha value is -2.53. The van der Waals surface area contributed by atoms with Gasteiger partial charge in [-0.2, -0.15) is 0 Å². The molecule has 4 atom stereocenters. The van der Waals surface area contributed by atoms with Crippen LogP contribution in [-0.4, -0.2) is 17.5 Å². The summed E-state index contributed by atoms with van der Waals surface area (Å²) in [7, 11) is 0. The number of nitrogens with one attached hydrogen (secondary N) is 3. The average molecular weight is 410 g/mol. The predicted molar refractivity (Wildman–Crippen MR) is 112 cm³/mol. The Balaban J connectivity index is 1.29. The Labute approximate surface area is 175 Å². The smallest absolute Gasteiger partial charge is 0.255 e. The van der Waals surface area contributed by atoms with Gasteiger partial charge in [0.15, 0.2) is 0 Å². The normalized spacial score (nSPS) is 29.7. The quantitative estimate of drug-likeness (QED) is 0.719. The van der Waals surface area contributed by atoms with E-state index in [-0.39, 0.29) is 29.6 Å². The molecule has 5 nitrogen and oxygen atoms in total. The molecule has 29 heavy (non-hydrogen) atoms. The molecule has 6 rings (SSSR count). The van der Waals surface area contributed by atoms with E-state index in [4.69, 9.17) is 11.6 Å². The van der Waals surface area contributed by atoms with Gasteiger partial charge in [-0.05, 0) is 61.4 Å². The SMILES string of the molecule is O=C1N[C@@]2(C[C@@H]3CC[C@@H]2C[C@@H]3C(=O)NCc2cccc(Cl)c2)Nc2ccccc21. The molecule has 6 heteroatoms. The van der Waals surface area contributed by atoms with Gasteiger partial charge < -0.3 is 16.0 Å². The second-order valence-corrected chi connectivity index (χ2v) is 8.96. The number of halogens is 1. The van der Waals surface area contributed by atoms with Crippen molar-refractivity contribution in [2.75, 3.05) is 5.32 Å². The molecular weight excluding hydrogens is 386 g/mol. The summed E-state index contributed by atoms with van der Waals surface area (Å²) < 4.78 is 0. The molecule has 1 spiro atoms. The number of carbonyl (C=O) groups excluding carboxylic acids is 2. The maximum absolute atomic E-state index is 12.9. The van der Waals surface area contributed by atoms with Gasteiger partial charge >= 0.3 is 0 Å². The third-order valence-electron chi connectivity index (χ3n) is 6.83. The second kappa shape index (κ2) is 7.06. The van der Waals surface area contributed by atoms with Gasteiger partial charge in [-0.1, -0.05) is 35.9 Å². The fraction of sp³-hybridized carbons (Fsp3) is 0.391. The number of hydrogen-bond donors (Lipinski definition) is 3. The van der Waals surface area contributed by atoms with Crippen LogP contribution in [0.5, 0.6) is 0 Å². The van der Waals surface area contributed by atoms with Crippen LogP contribution in [0.15, 0.2) is 48.5 Å². The summed E-state index contributed by atoms with van der Waals surface area (Å²) in [6.45, 7) is 0.487. The van der Waals surface area contributed by atoms with Crippen molar-refractivity contribution < 1.29 is 9.59 Å². The topological polar surface area (TPSA) is 70.2 Å². The molecule has 3 aliphatic carbocycles. The fourth-order valence-corrected chi connectivity index (χ4v) is 5.64. The summed E-state index contributed by atoms with van der Waals surface area (Å²) >= 11 is 6.04. The Morgan fingerprint density at radius 2 is 2.00 bits per heavy atom. The van der Waals surface area contributed by atoms with Crippen molar-refractivity contribution in [2.24, 2.45) is 17.8 Å². The van der Waals surface area contributed by atoms with Crippen molar-refractivity contribution >= 4 is 29.1 Å². The van der Waals surface area contributed by atoms with E-state index < -0.39 is 5.66 Å². The lowest BCUT2D eigenvalue weighted by Crippen LogP contribution is -2.68. The highest BCUT2D eigenvalue weighted by atomic mass is 35.5. The number of fused-ring (bicyclic) bond motifs is 3. The van der Waals surface area contributed by atoms with Gasteiger partial charge in [0.25, 0.3) is 5.91 Å². The van der Waals surface area contributed by atoms with Crippen molar-refractivity contribution in [2.45, 2.75) is 37.9 Å². The first-order chi connectivity index (χ1) is 14.0. The largest absolute Gasteiger partial charge is 0.362 e. The predicted octanol–water partition coefficient (Wildman–Crippen LogP) is 3.94. The molecule has 2 bridgehead atoms. The van der Waals surface area contributed by atoms with Crippen LogP contribution in [0.1, 0.15) is 41.6 Å². The van der Waals surface area contributed by atoms with Gasteiger partial charge in [-0.15, -0.1) is 0 Å². The summed E-state index contributed by atoms with van der Waals surface area (Å²) in [5.74, 6) is 0.588. The van der Waals surface area contributed by atoms with Crippen molar-refractivity contribution in [1.82, 2.24) is 10.6 Å². The fourth-order valence-electron chi connectivity index (χ4n) is 5.43. The highest BCUT2D eigenvalue weighted by Gasteiger charge is 2.55. The number of para-hydroxylation sites is 1. The molecule has 1 heterocycles. The van der Waals surface area contributed by atoms with Gasteiger partial charge in [-0.25, -0.2) is 0 Å². The van der Waals surface area contributed by atoms with E-state index in [0.717, 1.165) is 36.9 Å². The molecule has 3 saturated carbocycles. The Morgan fingerprint density at radius 1 is 1.14 bits per heavy atom. The van der Waals surface area contributed by atoms with Gasteiger partial charge in [0.05, 0.1) is 5.56 Å². The number of rotatable bonds is 3. The van der Waals surface area contributed by atoms with Crippen LogP contribution >= 0.6 is 11.6 Å². The molecule has 2 aromatic rings. The lowest BCUT2D eigenvalue weighted by molar-refractivity contribution is -0.132. The minimum absolute atomic E-state index is 0.00516. The molecule has 0 aromatic heterocycles. The minimum Gasteiger partial charge on any atom is -0.362 e. The van der Waals surface area contributed by atoms with Crippen LogP contribution in [0.25, 0.3) is 0 Å². The minimum atomic E-state index is -0.432. The molecule has 3 N–H and O–H groups in total. The Bertz CT molecular complexity index is 978. The lowest BCUT2D eigenvalue weighted by Gasteiger charge is -2.56. The van der Waals surface area contributed by atoms with Crippen LogP contribution in [-0.2, 0) is 11.3 Å². The first-order valence-corrected chi connectivity index (χ1v) is 10.6. The molecule has 0 unspecified atom stereocenters. The average Bonchev–Trinajstić information content (AvgIpc) is 2.72. The first-order valence-electron chi connectivity index (χ1n) is 10.3. The van der Waals surface area contributed by atoms with Crippen molar-refractivity contribution in [3.8, 4) is 0 Å². The first kappa shape index (κ1) is 18.5. The third kappa shape index (κ3) is 3.27.